The number of carbonyl (C=O) groups is 1. The maximum absolute atomic E-state index is 12.1. The molecule has 22 heavy (non-hydrogen) atoms. The largest absolute Gasteiger partial charge is 0.396 e. The number of nitrogens with one attached hydrogen (secondary N) is 1. The average molecular weight is 297 g/mol. The Morgan fingerprint density at radius 2 is 1.86 bits per heavy atom. The highest BCUT2D eigenvalue weighted by molar-refractivity contribution is 5.94. The summed E-state index contributed by atoms with van der Waals surface area (Å²) >= 11 is 0. The summed E-state index contributed by atoms with van der Waals surface area (Å²) in [7, 11) is 0. The van der Waals surface area contributed by atoms with Crippen molar-refractivity contribution in [3.63, 3.8) is 0 Å². The molecule has 0 aliphatic heterocycles. The molecule has 0 aliphatic rings. The van der Waals surface area contributed by atoms with Crippen molar-refractivity contribution in [3.05, 3.63) is 71.3 Å². The van der Waals surface area contributed by atoms with Crippen molar-refractivity contribution < 1.29 is 9.90 Å². The van der Waals surface area contributed by atoms with Crippen LogP contribution in [0.1, 0.15) is 40.2 Å². The van der Waals surface area contributed by atoms with E-state index in [1.54, 1.807) is 0 Å². The Morgan fingerprint density at radius 3 is 2.55 bits per heavy atom. The lowest BCUT2D eigenvalue weighted by Gasteiger charge is -2.16. The summed E-state index contributed by atoms with van der Waals surface area (Å²) in [5.74, 6) is 0.225. The molecular weight excluding hydrogens is 274 g/mol. The van der Waals surface area contributed by atoms with E-state index < -0.39 is 0 Å². The fourth-order valence-electron chi connectivity index (χ4n) is 2.61. The SMILES string of the molecule is Cc1cccc(C(=O)NCC[C@@H](CCO)c2ccccc2)c1. The van der Waals surface area contributed by atoms with E-state index in [-0.39, 0.29) is 18.4 Å². The summed E-state index contributed by atoms with van der Waals surface area (Å²) in [5.41, 5.74) is 2.98. The molecule has 3 nitrogen and oxygen atoms in total. The highest BCUT2D eigenvalue weighted by Crippen LogP contribution is 2.22. The number of carbonyl (C=O) groups excluding carboxylic acids is 1. The fraction of sp³-hybridized carbons (Fsp3) is 0.316. The highest BCUT2D eigenvalue weighted by atomic mass is 16.3. The summed E-state index contributed by atoms with van der Waals surface area (Å²) < 4.78 is 0. The van der Waals surface area contributed by atoms with Crippen LogP contribution in [-0.2, 0) is 0 Å². The highest BCUT2D eigenvalue weighted by Gasteiger charge is 2.12. The van der Waals surface area contributed by atoms with Crippen LogP contribution >= 0.6 is 0 Å². The van der Waals surface area contributed by atoms with Crippen LogP contribution in [0.25, 0.3) is 0 Å². The van der Waals surface area contributed by atoms with Crippen molar-refractivity contribution in [2.45, 2.75) is 25.7 Å². The van der Waals surface area contributed by atoms with Gasteiger partial charge >= 0.3 is 0 Å². The van der Waals surface area contributed by atoms with E-state index in [0.717, 1.165) is 12.0 Å². The summed E-state index contributed by atoms with van der Waals surface area (Å²) in [4.78, 5) is 12.1. The molecule has 0 bridgehead atoms. The lowest BCUT2D eigenvalue weighted by atomic mass is 9.93. The minimum atomic E-state index is -0.0421. The van der Waals surface area contributed by atoms with E-state index in [1.165, 1.54) is 5.56 Å². The Bertz CT molecular complexity index is 595. The van der Waals surface area contributed by atoms with Gasteiger partial charge in [-0.2, -0.15) is 0 Å². The maximum Gasteiger partial charge on any atom is 0.251 e. The molecule has 0 saturated carbocycles. The molecule has 0 unspecified atom stereocenters. The molecule has 2 N–H and O–H groups in total. The van der Waals surface area contributed by atoms with Crippen molar-refractivity contribution >= 4 is 5.91 Å². The molecule has 1 amide bonds. The van der Waals surface area contributed by atoms with Gasteiger partial charge in [0.1, 0.15) is 0 Å². The van der Waals surface area contributed by atoms with E-state index in [9.17, 15) is 9.90 Å². The first-order chi connectivity index (χ1) is 10.7. The topological polar surface area (TPSA) is 49.3 Å². The first-order valence-corrected chi connectivity index (χ1v) is 7.71. The lowest BCUT2D eigenvalue weighted by Crippen LogP contribution is -2.25. The zero-order valence-corrected chi connectivity index (χ0v) is 13.0. The Balaban J connectivity index is 1.89. The van der Waals surface area contributed by atoms with E-state index in [4.69, 9.17) is 0 Å². The van der Waals surface area contributed by atoms with Gasteiger partial charge in [0.15, 0.2) is 0 Å². The molecule has 116 valence electrons. The number of aliphatic hydroxyl groups is 1. The predicted molar refractivity (Wildman–Crippen MR) is 89.0 cm³/mol. The Hall–Kier alpha value is -2.13. The zero-order valence-electron chi connectivity index (χ0n) is 13.0. The van der Waals surface area contributed by atoms with Gasteiger partial charge in [-0.25, -0.2) is 0 Å². The van der Waals surface area contributed by atoms with Crippen LogP contribution in [0.5, 0.6) is 0 Å². The van der Waals surface area contributed by atoms with Gasteiger partial charge in [0, 0.05) is 18.7 Å². The van der Waals surface area contributed by atoms with Gasteiger partial charge in [0.25, 0.3) is 5.91 Å². The minimum absolute atomic E-state index is 0.0421. The van der Waals surface area contributed by atoms with Crippen molar-refractivity contribution in [2.24, 2.45) is 0 Å². The van der Waals surface area contributed by atoms with Crippen LogP contribution in [0.15, 0.2) is 54.6 Å². The van der Waals surface area contributed by atoms with Gasteiger partial charge in [-0.1, -0.05) is 48.0 Å². The molecule has 2 aromatic rings. The normalized spacial score (nSPS) is 11.9. The molecule has 0 radical (unpaired) electrons. The van der Waals surface area contributed by atoms with E-state index >= 15 is 0 Å². The van der Waals surface area contributed by atoms with Crippen molar-refractivity contribution in [1.82, 2.24) is 5.32 Å². The van der Waals surface area contributed by atoms with E-state index in [0.29, 0.717) is 18.5 Å². The standard InChI is InChI=1S/C19H23NO2/c1-15-6-5-9-18(14-15)19(22)20-12-10-17(11-13-21)16-7-3-2-4-8-16/h2-9,14,17,21H,10-13H2,1H3,(H,20,22)/t17-/m0/s1. The molecular formula is C19H23NO2. The first kappa shape index (κ1) is 16.2. The number of aryl methyl sites for hydroxylation is 1. The third-order valence-corrected chi connectivity index (χ3v) is 3.81. The molecule has 0 aromatic heterocycles. The molecule has 0 spiro atoms. The Kier molecular flexibility index (Phi) is 6.16. The number of benzene rings is 2. The van der Waals surface area contributed by atoms with Gasteiger partial charge in [0.2, 0.25) is 0 Å². The maximum atomic E-state index is 12.1. The number of hydrogen-bond donors (Lipinski definition) is 2. The lowest BCUT2D eigenvalue weighted by molar-refractivity contribution is 0.0952. The summed E-state index contributed by atoms with van der Waals surface area (Å²) in [5, 5.41) is 12.2. The van der Waals surface area contributed by atoms with Crippen LogP contribution in [0.2, 0.25) is 0 Å². The molecule has 2 rings (SSSR count). The molecule has 0 fully saturated rings. The molecule has 0 aliphatic carbocycles. The van der Waals surface area contributed by atoms with Crippen LogP contribution in [0.4, 0.5) is 0 Å². The molecule has 2 aromatic carbocycles. The third-order valence-electron chi connectivity index (χ3n) is 3.81. The number of amides is 1. The number of rotatable bonds is 7. The van der Waals surface area contributed by atoms with Crippen molar-refractivity contribution in [1.29, 1.82) is 0 Å². The van der Waals surface area contributed by atoms with Crippen LogP contribution in [0, 0.1) is 6.92 Å². The van der Waals surface area contributed by atoms with Gasteiger partial charge in [-0.05, 0) is 43.4 Å². The van der Waals surface area contributed by atoms with E-state index in [1.807, 2.05) is 49.4 Å². The molecule has 1 atom stereocenters. The monoisotopic (exact) mass is 297 g/mol. The third kappa shape index (κ3) is 4.71. The fourth-order valence-corrected chi connectivity index (χ4v) is 2.61. The second kappa shape index (κ2) is 8.35. The predicted octanol–water partition coefficient (Wildman–Crippen LogP) is 3.28. The smallest absolute Gasteiger partial charge is 0.251 e. The quantitative estimate of drug-likeness (QED) is 0.824. The van der Waals surface area contributed by atoms with Crippen LogP contribution in [-0.4, -0.2) is 24.2 Å². The molecule has 3 heteroatoms. The van der Waals surface area contributed by atoms with Crippen LogP contribution in [0.3, 0.4) is 0 Å². The summed E-state index contributed by atoms with van der Waals surface area (Å²) in [6.07, 6.45) is 1.53. The summed E-state index contributed by atoms with van der Waals surface area (Å²) in [6, 6.07) is 17.7. The number of aliphatic hydroxyl groups excluding tert-OH is 1. The van der Waals surface area contributed by atoms with Gasteiger partial charge in [0.05, 0.1) is 0 Å². The number of hydrogen-bond acceptors (Lipinski definition) is 2. The zero-order chi connectivity index (χ0) is 15.8. The van der Waals surface area contributed by atoms with Gasteiger partial charge < -0.3 is 10.4 Å². The first-order valence-electron chi connectivity index (χ1n) is 7.71. The Morgan fingerprint density at radius 1 is 1.09 bits per heavy atom. The van der Waals surface area contributed by atoms with Gasteiger partial charge in [-0.3, -0.25) is 4.79 Å². The molecule has 0 saturated heterocycles. The summed E-state index contributed by atoms with van der Waals surface area (Å²) in [6.45, 7) is 2.74. The average Bonchev–Trinajstić information content (AvgIpc) is 2.55. The second-order valence-electron chi connectivity index (χ2n) is 5.53. The Labute approximate surface area is 132 Å². The minimum Gasteiger partial charge on any atom is -0.396 e. The van der Waals surface area contributed by atoms with Crippen LogP contribution < -0.4 is 5.32 Å². The van der Waals surface area contributed by atoms with Crippen molar-refractivity contribution in [3.8, 4) is 0 Å². The molecule has 0 heterocycles. The van der Waals surface area contributed by atoms with E-state index in [2.05, 4.69) is 17.4 Å². The second-order valence-corrected chi connectivity index (χ2v) is 5.53. The van der Waals surface area contributed by atoms with Gasteiger partial charge in [-0.15, -0.1) is 0 Å². The van der Waals surface area contributed by atoms with Crippen molar-refractivity contribution in [2.75, 3.05) is 13.2 Å².